The normalized spacial score (nSPS) is 28.2. The third kappa shape index (κ3) is 2.41. The smallest absolute Gasteiger partial charge is 0.117 e. The summed E-state index contributed by atoms with van der Waals surface area (Å²) in [6.45, 7) is 3.45. The quantitative estimate of drug-likeness (QED) is 0.782. The van der Waals surface area contributed by atoms with Crippen molar-refractivity contribution in [1.29, 1.82) is 0 Å². The Morgan fingerprint density at radius 1 is 1.11 bits per heavy atom. The van der Waals surface area contributed by atoms with Gasteiger partial charge in [0.1, 0.15) is 7.14 Å². The van der Waals surface area contributed by atoms with Gasteiger partial charge < -0.3 is 9.46 Å². The Bertz CT molecular complexity index is 465. The van der Waals surface area contributed by atoms with Crippen LogP contribution in [0.4, 0.5) is 0 Å². The molecule has 0 amide bonds. The van der Waals surface area contributed by atoms with Crippen molar-refractivity contribution in [3.63, 3.8) is 0 Å². The van der Waals surface area contributed by atoms with Crippen molar-refractivity contribution in [3.8, 4) is 0 Å². The van der Waals surface area contributed by atoms with E-state index >= 15 is 0 Å². The summed E-state index contributed by atoms with van der Waals surface area (Å²) >= 11 is 0. The molecule has 0 aromatic heterocycles. The summed E-state index contributed by atoms with van der Waals surface area (Å²) in [6.07, 6.45) is 6.68. The zero-order valence-electron chi connectivity index (χ0n) is 11.0. The van der Waals surface area contributed by atoms with Gasteiger partial charge in [0, 0.05) is 24.2 Å². The average Bonchev–Trinajstić information content (AvgIpc) is 2.90. The largest absolute Gasteiger partial charge is 0.319 e. The molecule has 2 nitrogen and oxygen atoms in total. The first-order valence-electron chi connectivity index (χ1n) is 7.17. The highest BCUT2D eigenvalue weighted by Crippen LogP contribution is 2.48. The number of benzene rings is 1. The zero-order valence-corrected chi connectivity index (χ0v) is 11.9. The summed E-state index contributed by atoms with van der Waals surface area (Å²) in [4.78, 5) is 2.48. The lowest BCUT2D eigenvalue weighted by atomic mass is 10.1. The molecule has 98 valence electrons. The number of hydrogen-bond acceptors (Lipinski definition) is 2. The third-order valence-electron chi connectivity index (χ3n) is 4.37. The van der Waals surface area contributed by atoms with Gasteiger partial charge >= 0.3 is 0 Å². The van der Waals surface area contributed by atoms with Gasteiger partial charge in [-0.25, -0.2) is 0 Å². The molecule has 1 fully saturated rings. The summed E-state index contributed by atoms with van der Waals surface area (Å²) in [5.41, 5.74) is 1.34. The molecule has 18 heavy (non-hydrogen) atoms. The maximum absolute atomic E-state index is 13.2. The molecule has 3 heteroatoms. The van der Waals surface area contributed by atoms with Gasteiger partial charge in [0.25, 0.3) is 0 Å². The number of rotatable bonds is 3. The molecule has 2 aliphatic rings. The fraction of sp³-hybridized carbons (Fsp3) is 0.600. The lowest BCUT2D eigenvalue weighted by Gasteiger charge is -2.27. The molecule has 1 aromatic carbocycles. The van der Waals surface area contributed by atoms with E-state index in [4.69, 9.17) is 0 Å². The molecule has 0 spiro atoms. The van der Waals surface area contributed by atoms with Crippen molar-refractivity contribution in [1.82, 2.24) is 4.90 Å². The fourth-order valence-electron chi connectivity index (χ4n) is 3.31. The molecule has 0 radical (unpaired) electrons. The molecule has 2 aliphatic heterocycles. The van der Waals surface area contributed by atoms with Crippen molar-refractivity contribution in [3.05, 3.63) is 29.8 Å². The Hall–Kier alpha value is -0.590. The molecule has 2 heterocycles. The SMILES string of the molecule is O=P1(CCN2CCCC2)CCCc2ccccc21. The monoisotopic (exact) mass is 263 g/mol. The molecule has 0 bridgehead atoms. The van der Waals surface area contributed by atoms with E-state index in [9.17, 15) is 4.57 Å². The second-order valence-electron chi connectivity index (χ2n) is 5.62. The Morgan fingerprint density at radius 2 is 1.89 bits per heavy atom. The lowest BCUT2D eigenvalue weighted by Crippen LogP contribution is -2.28. The van der Waals surface area contributed by atoms with E-state index in [0.717, 1.165) is 31.7 Å². The highest BCUT2D eigenvalue weighted by Gasteiger charge is 2.30. The Balaban J connectivity index is 1.76. The highest BCUT2D eigenvalue weighted by atomic mass is 31.2. The third-order valence-corrected chi connectivity index (χ3v) is 7.65. The topological polar surface area (TPSA) is 20.3 Å². The zero-order chi connectivity index (χ0) is 12.4. The summed E-state index contributed by atoms with van der Waals surface area (Å²) in [6, 6.07) is 8.40. The molecule has 1 unspecified atom stereocenters. The fourth-order valence-corrected chi connectivity index (χ4v) is 6.35. The van der Waals surface area contributed by atoms with Crippen LogP contribution in [0, 0.1) is 0 Å². The van der Waals surface area contributed by atoms with Gasteiger partial charge in [0.2, 0.25) is 0 Å². The van der Waals surface area contributed by atoms with Gasteiger partial charge in [-0.15, -0.1) is 0 Å². The van der Waals surface area contributed by atoms with Gasteiger partial charge in [0.05, 0.1) is 0 Å². The molecule has 0 saturated carbocycles. The van der Waals surface area contributed by atoms with E-state index in [1.165, 1.54) is 36.8 Å². The van der Waals surface area contributed by atoms with E-state index in [1.54, 1.807) is 0 Å². The summed E-state index contributed by atoms with van der Waals surface area (Å²) in [5.74, 6) is 0. The number of likely N-dealkylation sites (tertiary alicyclic amines) is 1. The molecule has 3 rings (SSSR count). The Morgan fingerprint density at radius 3 is 2.72 bits per heavy atom. The van der Waals surface area contributed by atoms with Crippen LogP contribution in [0.3, 0.4) is 0 Å². The maximum Gasteiger partial charge on any atom is 0.117 e. The Labute approximate surface area is 110 Å². The predicted molar refractivity (Wildman–Crippen MR) is 77.4 cm³/mol. The van der Waals surface area contributed by atoms with Crippen LogP contribution in [-0.2, 0) is 11.0 Å². The second-order valence-corrected chi connectivity index (χ2v) is 8.77. The van der Waals surface area contributed by atoms with E-state index in [-0.39, 0.29) is 0 Å². The summed E-state index contributed by atoms with van der Waals surface area (Å²) < 4.78 is 13.2. The minimum atomic E-state index is -2.10. The number of aryl methyl sites for hydroxylation is 1. The predicted octanol–water partition coefficient (Wildman–Crippen LogP) is 2.72. The van der Waals surface area contributed by atoms with Crippen molar-refractivity contribution in [2.45, 2.75) is 25.7 Å². The van der Waals surface area contributed by atoms with E-state index in [1.807, 2.05) is 6.07 Å². The first-order chi connectivity index (χ1) is 8.78. The van der Waals surface area contributed by atoms with Gasteiger partial charge in [-0.1, -0.05) is 24.3 Å². The van der Waals surface area contributed by atoms with Crippen LogP contribution < -0.4 is 5.30 Å². The number of hydrogen-bond donors (Lipinski definition) is 0. The van der Waals surface area contributed by atoms with Crippen LogP contribution in [0.5, 0.6) is 0 Å². The first kappa shape index (κ1) is 12.4. The molecular weight excluding hydrogens is 241 g/mol. The molecule has 0 aliphatic carbocycles. The Kier molecular flexibility index (Phi) is 3.59. The minimum absolute atomic E-state index is 0.893. The van der Waals surface area contributed by atoms with E-state index < -0.39 is 7.14 Å². The van der Waals surface area contributed by atoms with Crippen molar-refractivity contribution in [2.75, 3.05) is 32.0 Å². The van der Waals surface area contributed by atoms with Crippen LogP contribution in [0.15, 0.2) is 24.3 Å². The second kappa shape index (κ2) is 5.19. The molecule has 1 saturated heterocycles. The van der Waals surface area contributed by atoms with Crippen molar-refractivity contribution in [2.24, 2.45) is 0 Å². The maximum atomic E-state index is 13.2. The highest BCUT2D eigenvalue weighted by molar-refractivity contribution is 7.71. The van der Waals surface area contributed by atoms with Crippen molar-refractivity contribution >= 4 is 12.4 Å². The van der Waals surface area contributed by atoms with Gasteiger partial charge in [-0.05, 0) is 44.3 Å². The van der Waals surface area contributed by atoms with Crippen LogP contribution in [0.1, 0.15) is 24.8 Å². The van der Waals surface area contributed by atoms with Gasteiger partial charge in [-0.3, -0.25) is 0 Å². The molecule has 1 atom stereocenters. The minimum Gasteiger partial charge on any atom is -0.319 e. The van der Waals surface area contributed by atoms with E-state index in [2.05, 4.69) is 23.1 Å². The number of nitrogens with zero attached hydrogens (tertiary/aromatic N) is 1. The number of fused-ring (bicyclic) bond motifs is 1. The molecule has 1 aromatic rings. The van der Waals surface area contributed by atoms with Crippen LogP contribution in [0.25, 0.3) is 0 Å². The van der Waals surface area contributed by atoms with Crippen molar-refractivity contribution < 1.29 is 4.57 Å². The summed E-state index contributed by atoms with van der Waals surface area (Å²) in [5, 5.41) is 1.19. The van der Waals surface area contributed by atoms with Crippen LogP contribution in [-0.4, -0.2) is 36.9 Å². The van der Waals surface area contributed by atoms with Crippen LogP contribution in [0.2, 0.25) is 0 Å². The van der Waals surface area contributed by atoms with Gasteiger partial charge in [-0.2, -0.15) is 0 Å². The molecular formula is C15H22NOP. The van der Waals surface area contributed by atoms with Crippen LogP contribution >= 0.6 is 7.14 Å². The average molecular weight is 263 g/mol. The first-order valence-corrected chi connectivity index (χ1v) is 9.25. The lowest BCUT2D eigenvalue weighted by molar-refractivity contribution is 0.359. The van der Waals surface area contributed by atoms with E-state index in [0.29, 0.717) is 0 Å². The summed E-state index contributed by atoms with van der Waals surface area (Å²) in [7, 11) is -2.10. The molecule has 0 N–H and O–H groups in total. The standard InChI is InChI=1S/C15H22NOP/c17-18(13-11-16-9-3-4-10-16)12-5-7-14-6-1-2-8-15(14)18/h1-2,6,8H,3-5,7,9-13H2. The van der Waals surface area contributed by atoms with Gasteiger partial charge in [0.15, 0.2) is 0 Å².